The fourth-order valence-corrected chi connectivity index (χ4v) is 14.4. The van der Waals surface area contributed by atoms with Gasteiger partial charge in [-0.05, 0) is 61.2 Å². The quantitative estimate of drug-likeness (QED) is 0.151. The molecule has 274 valence electrons. The van der Waals surface area contributed by atoms with E-state index >= 15 is 0 Å². The van der Waals surface area contributed by atoms with Crippen molar-refractivity contribution in [2.75, 3.05) is 0 Å². The summed E-state index contributed by atoms with van der Waals surface area (Å²) in [6.07, 6.45) is 8.37. The third-order valence-electron chi connectivity index (χ3n) is 10.6. The zero-order valence-corrected chi connectivity index (χ0v) is 38.9. The number of hydrogen-bond donors (Lipinski definition) is 0. The predicted octanol–water partition coefficient (Wildman–Crippen LogP) is 14.1. The van der Waals surface area contributed by atoms with Crippen molar-refractivity contribution in [2.24, 2.45) is 5.92 Å². The Morgan fingerprint density at radius 1 is 0.827 bits per heavy atom. The maximum atomic E-state index is 11.9. The molecule has 3 aliphatic rings. The summed E-state index contributed by atoms with van der Waals surface area (Å²) < 4.78 is 0. The summed E-state index contributed by atoms with van der Waals surface area (Å²) >= 11 is 8.44. The van der Waals surface area contributed by atoms with Crippen LogP contribution in [-0.2, 0) is 48.9 Å². The van der Waals surface area contributed by atoms with E-state index in [-0.39, 0.29) is 48.2 Å². The normalized spacial score (nSPS) is 17.2. The molecule has 0 N–H and O–H groups in total. The molecule has 7 rings (SSSR count). The number of thioether (sulfide) groups is 1. The molecule has 0 saturated carbocycles. The van der Waals surface area contributed by atoms with Crippen molar-refractivity contribution in [3.8, 4) is 16.9 Å². The van der Waals surface area contributed by atoms with Crippen LogP contribution in [0.15, 0.2) is 99.1 Å². The molecule has 0 amide bonds. The number of benzene rings is 3. The Balaban J connectivity index is 0.000000179. The number of allylic oxidation sites excluding steroid dienone is 6. The first-order chi connectivity index (χ1) is 23.7. The molecule has 1 saturated heterocycles. The summed E-state index contributed by atoms with van der Waals surface area (Å²) in [7, 11) is -1.08. The Morgan fingerprint density at radius 2 is 1.48 bits per heavy atom. The van der Waals surface area contributed by atoms with Gasteiger partial charge < -0.3 is 5.11 Å². The van der Waals surface area contributed by atoms with Gasteiger partial charge in [0, 0.05) is 10.9 Å². The summed E-state index contributed by atoms with van der Waals surface area (Å²) in [4.78, 5) is 3.32. The van der Waals surface area contributed by atoms with Crippen LogP contribution in [-0.4, -0.2) is 8.07 Å². The van der Waals surface area contributed by atoms with E-state index in [4.69, 9.17) is 11.6 Å². The van der Waals surface area contributed by atoms with Crippen LogP contribution in [0.25, 0.3) is 21.9 Å². The van der Waals surface area contributed by atoms with Crippen LogP contribution in [0.2, 0.25) is 18.1 Å². The van der Waals surface area contributed by atoms with Gasteiger partial charge in [-0.1, -0.05) is 190 Å². The Bertz CT molecular complexity index is 2010. The molecule has 1 unspecified atom stereocenters. The Labute approximate surface area is 344 Å². The minimum atomic E-state index is -1.08. The number of fused-ring (bicyclic) bond motifs is 1. The first-order valence-corrected chi connectivity index (χ1v) is 23.0. The zero-order valence-electron chi connectivity index (χ0n) is 33.9. The van der Waals surface area contributed by atoms with Gasteiger partial charge in [0.1, 0.15) is 8.07 Å². The molecule has 5 heteroatoms. The average Bonchev–Trinajstić information content (AvgIpc) is 3.71. The van der Waals surface area contributed by atoms with E-state index in [0.29, 0.717) is 5.02 Å². The molecular weight excluding hydrogens is 767 g/mol. The molecule has 0 aromatic heterocycles. The van der Waals surface area contributed by atoms with Gasteiger partial charge in [-0.3, -0.25) is 0 Å². The molecule has 52 heavy (non-hydrogen) atoms. The molecule has 1 fully saturated rings. The Morgan fingerprint density at radius 3 is 2.04 bits per heavy atom. The van der Waals surface area contributed by atoms with Crippen molar-refractivity contribution in [2.45, 2.75) is 125 Å². The summed E-state index contributed by atoms with van der Waals surface area (Å²) in [6.45, 7) is 28.7. The molecule has 4 aromatic rings. The van der Waals surface area contributed by atoms with Gasteiger partial charge in [0.15, 0.2) is 0 Å². The minimum Gasteiger partial charge on any atom is -0.872 e. The van der Waals surface area contributed by atoms with Gasteiger partial charge in [-0.2, -0.15) is 6.07 Å². The van der Waals surface area contributed by atoms with E-state index in [2.05, 4.69) is 147 Å². The Hall–Kier alpha value is -1.97. The minimum absolute atomic E-state index is 0. The first-order valence-electron chi connectivity index (χ1n) is 18.8. The van der Waals surface area contributed by atoms with Crippen molar-refractivity contribution in [1.29, 1.82) is 0 Å². The monoisotopic (exact) mass is 824 g/mol. The number of halogens is 1. The van der Waals surface area contributed by atoms with Crippen LogP contribution < -0.4 is 5.11 Å². The molecular formula is C47H59ClOSSiZr. The molecule has 1 nitrogen and oxygen atoms in total. The second-order valence-corrected chi connectivity index (χ2v) is 24.0. The van der Waals surface area contributed by atoms with Crippen molar-refractivity contribution < 1.29 is 31.3 Å². The van der Waals surface area contributed by atoms with Crippen LogP contribution in [0.3, 0.4) is 0 Å². The van der Waals surface area contributed by atoms with Crippen molar-refractivity contribution >= 4 is 42.2 Å². The van der Waals surface area contributed by atoms with Gasteiger partial charge in [0.05, 0.1) is 0 Å². The SMILES string of the molecule is CC(C)(C)c1ccc([O-])c(C(C)(C)C)c1Cl.CCC1=C2C3C(=CC=C3[Si]2(C)C)S1.CCCc1cc2c(-c3ccc(C(C)(C)C)cc3)cccc2[cH-]1.[Zr+2]. The number of hydrogen-bond acceptors (Lipinski definition) is 2. The van der Waals surface area contributed by atoms with Crippen LogP contribution in [0, 0.1) is 5.92 Å². The van der Waals surface area contributed by atoms with Crippen LogP contribution in [0.1, 0.15) is 111 Å². The van der Waals surface area contributed by atoms with Gasteiger partial charge in [-0.25, -0.2) is 0 Å². The van der Waals surface area contributed by atoms with Crippen molar-refractivity contribution in [3.05, 3.63) is 126 Å². The van der Waals surface area contributed by atoms with E-state index in [1.165, 1.54) is 45.9 Å². The van der Waals surface area contributed by atoms with Gasteiger partial charge in [0.25, 0.3) is 0 Å². The molecule has 0 bridgehead atoms. The largest absolute Gasteiger partial charge is 2.00 e. The van der Waals surface area contributed by atoms with E-state index in [0.717, 1.165) is 23.5 Å². The van der Waals surface area contributed by atoms with Crippen LogP contribution >= 0.6 is 23.4 Å². The van der Waals surface area contributed by atoms with Gasteiger partial charge in [0.2, 0.25) is 0 Å². The van der Waals surface area contributed by atoms with E-state index in [1.807, 2.05) is 32.0 Å². The molecule has 1 atom stereocenters. The fourth-order valence-electron chi connectivity index (χ4n) is 7.85. The maximum absolute atomic E-state index is 11.9. The number of rotatable bonds is 4. The van der Waals surface area contributed by atoms with Gasteiger partial charge in [-0.15, -0.1) is 40.3 Å². The third kappa shape index (κ3) is 8.62. The van der Waals surface area contributed by atoms with Crippen molar-refractivity contribution in [1.82, 2.24) is 0 Å². The number of aryl methyl sites for hydroxylation is 1. The summed E-state index contributed by atoms with van der Waals surface area (Å²) in [5, 5.41) is 18.9. The van der Waals surface area contributed by atoms with Crippen molar-refractivity contribution in [3.63, 3.8) is 0 Å². The predicted molar refractivity (Wildman–Crippen MR) is 228 cm³/mol. The molecule has 2 aliphatic heterocycles. The Kier molecular flexibility index (Phi) is 13.2. The third-order valence-corrected chi connectivity index (χ3v) is 16.4. The molecule has 0 spiro atoms. The average molecular weight is 827 g/mol. The standard InChI is InChI=1S/C22H25.C14H21ClO.C11H14SSi.Zr/c1-5-7-16-14-18-8-6-9-20(21(18)15-16)17-10-12-19(13-11-17)22(2,3)4;1-13(2,3)9-7-8-10(16)11(12(9)15)14(4,5)6;1-4-7-11-10-8(12-7)5-6-9(10)13(11,2)3;/h6,8-15H,5,7H2,1-4H3;7-8,16H,1-6H3;5-6,10H,4H2,1-3H3;/q-1;;;+2/p-1. The molecule has 4 aromatic carbocycles. The second-order valence-electron chi connectivity index (χ2n) is 18.1. The first kappa shape index (κ1) is 42.8. The molecule has 2 heterocycles. The van der Waals surface area contributed by atoms with Crippen LogP contribution in [0.5, 0.6) is 5.75 Å². The molecule has 1 aliphatic carbocycles. The topological polar surface area (TPSA) is 23.1 Å². The zero-order chi connectivity index (χ0) is 37.7. The maximum Gasteiger partial charge on any atom is 2.00 e. The smallest absolute Gasteiger partial charge is 0.872 e. The van der Waals surface area contributed by atoms with E-state index < -0.39 is 8.07 Å². The van der Waals surface area contributed by atoms with E-state index in [9.17, 15) is 5.11 Å². The van der Waals surface area contributed by atoms with Crippen LogP contribution in [0.4, 0.5) is 0 Å². The second kappa shape index (κ2) is 16.0. The molecule has 0 radical (unpaired) electrons. The summed E-state index contributed by atoms with van der Waals surface area (Å²) in [6, 6.07) is 23.9. The summed E-state index contributed by atoms with van der Waals surface area (Å²) in [5.41, 5.74) is 7.22. The summed E-state index contributed by atoms with van der Waals surface area (Å²) in [5.74, 6) is 0.826. The van der Waals surface area contributed by atoms with E-state index in [1.54, 1.807) is 21.1 Å². The van der Waals surface area contributed by atoms with Gasteiger partial charge >= 0.3 is 26.2 Å². The fraction of sp³-hybridized carbons (Fsp3) is 0.426.